The minimum Gasteiger partial charge on any atom is -0.372 e. The first-order valence-corrected chi connectivity index (χ1v) is 7.71. The lowest BCUT2D eigenvalue weighted by atomic mass is 9.81. The molecule has 112 valence electrons. The van der Waals surface area contributed by atoms with Crippen molar-refractivity contribution in [2.45, 2.75) is 59.1 Å². The van der Waals surface area contributed by atoms with E-state index in [9.17, 15) is 0 Å². The fraction of sp³-hybridized carbons (Fsp3) is 0.667. The van der Waals surface area contributed by atoms with Crippen molar-refractivity contribution in [3.8, 4) is 0 Å². The molecule has 1 aliphatic heterocycles. The third-order valence-corrected chi connectivity index (χ3v) is 3.83. The van der Waals surface area contributed by atoms with Crippen molar-refractivity contribution >= 4 is 0 Å². The average Bonchev–Trinajstić information content (AvgIpc) is 2.33. The normalized spacial score (nSPS) is 19.8. The van der Waals surface area contributed by atoms with Crippen molar-refractivity contribution in [2.75, 3.05) is 13.2 Å². The van der Waals surface area contributed by atoms with Crippen molar-refractivity contribution in [2.24, 2.45) is 5.41 Å². The molecule has 20 heavy (non-hydrogen) atoms. The molecule has 1 N–H and O–H groups in total. The Bertz CT molecular complexity index is 445. The highest BCUT2D eigenvalue weighted by Gasteiger charge is 2.27. The largest absolute Gasteiger partial charge is 0.372 e. The number of benzene rings is 1. The summed E-state index contributed by atoms with van der Waals surface area (Å²) in [7, 11) is 0. The fourth-order valence-electron chi connectivity index (χ4n) is 3.40. The Hall–Kier alpha value is -0.860. The van der Waals surface area contributed by atoms with Crippen molar-refractivity contribution in [1.82, 2.24) is 5.32 Å². The molecule has 0 amide bonds. The van der Waals surface area contributed by atoms with Gasteiger partial charge in [0.15, 0.2) is 0 Å². The summed E-state index contributed by atoms with van der Waals surface area (Å²) >= 11 is 0. The highest BCUT2D eigenvalue weighted by Crippen LogP contribution is 2.29. The zero-order valence-corrected chi connectivity index (χ0v) is 13.6. The van der Waals surface area contributed by atoms with Crippen LogP contribution in [0.5, 0.6) is 0 Å². The third-order valence-electron chi connectivity index (χ3n) is 3.83. The van der Waals surface area contributed by atoms with Gasteiger partial charge in [0.05, 0.1) is 12.7 Å². The molecule has 2 rings (SSSR count). The molecule has 0 aliphatic carbocycles. The first-order chi connectivity index (χ1) is 9.27. The summed E-state index contributed by atoms with van der Waals surface area (Å²) in [5.41, 5.74) is 3.27. The maximum Gasteiger partial charge on any atom is 0.0952 e. The van der Waals surface area contributed by atoms with Gasteiger partial charge in [0.25, 0.3) is 0 Å². The highest BCUT2D eigenvalue weighted by atomic mass is 16.5. The van der Waals surface area contributed by atoms with E-state index >= 15 is 0 Å². The summed E-state index contributed by atoms with van der Waals surface area (Å²) < 4.78 is 5.97. The van der Waals surface area contributed by atoms with Crippen LogP contribution < -0.4 is 5.32 Å². The van der Waals surface area contributed by atoms with Gasteiger partial charge in [-0.15, -0.1) is 0 Å². The van der Waals surface area contributed by atoms with E-state index in [1.165, 1.54) is 11.1 Å². The van der Waals surface area contributed by atoms with Crippen LogP contribution in [0.4, 0.5) is 0 Å². The number of fused-ring (bicyclic) bond motifs is 1. The predicted octanol–water partition coefficient (Wildman–Crippen LogP) is 4.10. The topological polar surface area (TPSA) is 21.3 Å². The van der Waals surface area contributed by atoms with Gasteiger partial charge in [-0.2, -0.15) is 0 Å². The van der Waals surface area contributed by atoms with Crippen LogP contribution in [0.3, 0.4) is 0 Å². The number of nitrogens with one attached hydrogen (secondary N) is 1. The lowest BCUT2D eigenvalue weighted by Gasteiger charge is -2.36. The number of hydrogen-bond donors (Lipinski definition) is 1. The van der Waals surface area contributed by atoms with Gasteiger partial charge in [-0.25, -0.2) is 0 Å². The zero-order chi connectivity index (χ0) is 14.8. The van der Waals surface area contributed by atoms with E-state index in [-0.39, 0.29) is 11.6 Å². The Labute approximate surface area is 123 Å². The molecule has 2 heteroatoms. The van der Waals surface area contributed by atoms with Crippen LogP contribution in [0, 0.1) is 5.41 Å². The molecular formula is C18H29NO. The molecule has 1 aliphatic rings. The van der Waals surface area contributed by atoms with E-state index in [0.717, 1.165) is 26.0 Å². The van der Waals surface area contributed by atoms with Gasteiger partial charge >= 0.3 is 0 Å². The highest BCUT2D eigenvalue weighted by molar-refractivity contribution is 5.31. The Kier molecular flexibility index (Phi) is 4.55. The first-order valence-electron chi connectivity index (χ1n) is 7.71. The van der Waals surface area contributed by atoms with Gasteiger partial charge in [0.2, 0.25) is 0 Å². The van der Waals surface area contributed by atoms with Crippen molar-refractivity contribution in [1.29, 1.82) is 0 Å². The molecule has 1 unspecified atom stereocenters. The minimum atomic E-state index is 0.133. The molecule has 1 aromatic rings. The average molecular weight is 275 g/mol. The van der Waals surface area contributed by atoms with Gasteiger partial charge in [0.1, 0.15) is 0 Å². The van der Waals surface area contributed by atoms with E-state index in [4.69, 9.17) is 4.74 Å². The maximum atomic E-state index is 5.97. The first kappa shape index (κ1) is 15.5. The number of ether oxygens (including phenoxy) is 1. The number of rotatable bonds is 4. The monoisotopic (exact) mass is 275 g/mol. The second kappa shape index (κ2) is 5.87. The Morgan fingerprint density at radius 1 is 1.15 bits per heavy atom. The molecule has 0 bridgehead atoms. The molecule has 0 spiro atoms. The van der Waals surface area contributed by atoms with Crippen molar-refractivity contribution in [3.05, 3.63) is 35.4 Å². The fourth-order valence-corrected chi connectivity index (χ4v) is 3.40. The van der Waals surface area contributed by atoms with E-state index in [0.29, 0.717) is 5.41 Å². The maximum absolute atomic E-state index is 5.97. The Morgan fingerprint density at radius 2 is 1.85 bits per heavy atom. The molecule has 1 aromatic carbocycles. The van der Waals surface area contributed by atoms with Gasteiger partial charge in [-0.1, -0.05) is 45.0 Å². The van der Waals surface area contributed by atoms with Gasteiger partial charge in [-0.3, -0.25) is 0 Å². The lowest BCUT2D eigenvalue weighted by molar-refractivity contribution is 0.0358. The summed E-state index contributed by atoms with van der Waals surface area (Å²) in [6.45, 7) is 13.2. The van der Waals surface area contributed by atoms with Crippen LogP contribution in [-0.2, 0) is 11.2 Å². The summed E-state index contributed by atoms with van der Waals surface area (Å²) in [5, 5.41) is 3.70. The van der Waals surface area contributed by atoms with Crippen LogP contribution in [0.2, 0.25) is 0 Å². The molecule has 0 aromatic heterocycles. The Balaban J connectivity index is 1.98. The van der Waals surface area contributed by atoms with Crippen LogP contribution in [0.15, 0.2) is 24.3 Å². The van der Waals surface area contributed by atoms with Gasteiger partial charge in [0, 0.05) is 12.1 Å². The predicted molar refractivity (Wildman–Crippen MR) is 85.0 cm³/mol. The molecule has 0 saturated heterocycles. The summed E-state index contributed by atoms with van der Waals surface area (Å²) in [4.78, 5) is 0. The van der Waals surface area contributed by atoms with Crippen molar-refractivity contribution < 1.29 is 4.74 Å². The van der Waals surface area contributed by atoms with E-state index < -0.39 is 0 Å². The molecule has 1 atom stereocenters. The number of hydrogen-bond acceptors (Lipinski definition) is 2. The van der Waals surface area contributed by atoms with E-state index in [2.05, 4.69) is 64.2 Å². The van der Waals surface area contributed by atoms with Gasteiger partial charge < -0.3 is 10.1 Å². The summed E-state index contributed by atoms with van der Waals surface area (Å²) in [6, 6.07) is 8.67. The van der Waals surface area contributed by atoms with E-state index in [1.807, 2.05) is 0 Å². The van der Waals surface area contributed by atoms with Crippen LogP contribution in [-0.4, -0.2) is 18.7 Å². The molecule has 1 heterocycles. The van der Waals surface area contributed by atoms with Crippen LogP contribution >= 0.6 is 0 Å². The molecule has 2 nitrogen and oxygen atoms in total. The Morgan fingerprint density at radius 3 is 2.55 bits per heavy atom. The quantitative estimate of drug-likeness (QED) is 0.893. The summed E-state index contributed by atoms with van der Waals surface area (Å²) in [6.07, 6.45) is 2.38. The smallest absolute Gasteiger partial charge is 0.0952 e. The molecule has 0 fully saturated rings. The summed E-state index contributed by atoms with van der Waals surface area (Å²) in [5.74, 6) is 0. The minimum absolute atomic E-state index is 0.133. The third kappa shape index (κ3) is 4.32. The molecular weight excluding hydrogens is 246 g/mol. The lowest BCUT2D eigenvalue weighted by Crippen LogP contribution is -2.45. The second-order valence-corrected chi connectivity index (χ2v) is 7.81. The van der Waals surface area contributed by atoms with Gasteiger partial charge in [-0.05, 0) is 43.2 Å². The second-order valence-electron chi connectivity index (χ2n) is 7.81. The molecule has 0 radical (unpaired) electrons. The SMILES string of the molecule is CC(C)(C)CC(C)(C)NCC1OCCc2ccccc21. The van der Waals surface area contributed by atoms with Crippen molar-refractivity contribution in [3.63, 3.8) is 0 Å². The standard InChI is InChI=1S/C18H29NO/c1-17(2,3)13-18(4,5)19-12-16-15-9-7-6-8-14(15)10-11-20-16/h6-9,16,19H,10-13H2,1-5H3. The van der Waals surface area contributed by atoms with Crippen LogP contribution in [0.25, 0.3) is 0 Å². The van der Waals surface area contributed by atoms with Crippen LogP contribution in [0.1, 0.15) is 58.3 Å². The van der Waals surface area contributed by atoms with E-state index in [1.54, 1.807) is 0 Å². The molecule has 0 saturated carbocycles. The zero-order valence-electron chi connectivity index (χ0n) is 13.6.